The van der Waals surface area contributed by atoms with Crippen molar-refractivity contribution in [2.24, 2.45) is 0 Å². The van der Waals surface area contributed by atoms with Crippen LogP contribution in [0.2, 0.25) is 0 Å². The van der Waals surface area contributed by atoms with Gasteiger partial charge in [-0.25, -0.2) is 4.98 Å². The zero-order valence-electron chi connectivity index (χ0n) is 15.1. The van der Waals surface area contributed by atoms with Gasteiger partial charge in [-0.3, -0.25) is 9.36 Å². The van der Waals surface area contributed by atoms with Crippen LogP contribution >= 0.6 is 0 Å². The Morgan fingerprint density at radius 1 is 1.00 bits per heavy atom. The highest BCUT2D eigenvalue weighted by Crippen LogP contribution is 2.24. The minimum Gasteiger partial charge on any atom is -0.497 e. The number of fused-ring (bicyclic) bond motifs is 1. The van der Waals surface area contributed by atoms with E-state index in [-0.39, 0.29) is 5.91 Å². The molecule has 4 rings (SSSR count). The number of benzene rings is 3. The van der Waals surface area contributed by atoms with Crippen LogP contribution in [0, 0.1) is 6.92 Å². The highest BCUT2D eigenvalue weighted by atomic mass is 16.5. The number of imidazole rings is 1. The SMILES string of the molecule is COc1cccc(C(=O)Nc2ccc3c(c2)nc(C)n3-c2ccccc2)c1. The lowest BCUT2D eigenvalue weighted by Crippen LogP contribution is -2.11. The number of para-hydroxylation sites is 1. The van der Waals surface area contributed by atoms with E-state index < -0.39 is 0 Å². The minimum atomic E-state index is -0.188. The molecule has 0 spiro atoms. The number of carbonyl (C=O) groups is 1. The van der Waals surface area contributed by atoms with Crippen molar-refractivity contribution in [3.8, 4) is 11.4 Å². The molecule has 0 atom stereocenters. The number of methoxy groups -OCH3 is 1. The maximum absolute atomic E-state index is 12.5. The summed E-state index contributed by atoms with van der Waals surface area (Å²) < 4.78 is 7.28. The highest BCUT2D eigenvalue weighted by molar-refractivity contribution is 6.05. The van der Waals surface area contributed by atoms with E-state index in [4.69, 9.17) is 4.74 Å². The molecule has 4 aromatic rings. The first-order valence-electron chi connectivity index (χ1n) is 8.65. The Labute approximate surface area is 157 Å². The van der Waals surface area contributed by atoms with Gasteiger partial charge in [0.2, 0.25) is 0 Å². The van der Waals surface area contributed by atoms with Gasteiger partial charge in [0, 0.05) is 16.9 Å². The van der Waals surface area contributed by atoms with Crippen molar-refractivity contribution >= 4 is 22.6 Å². The number of hydrogen-bond donors (Lipinski definition) is 1. The van der Waals surface area contributed by atoms with Gasteiger partial charge < -0.3 is 10.1 Å². The van der Waals surface area contributed by atoms with Gasteiger partial charge in [0.15, 0.2) is 0 Å². The molecular weight excluding hydrogens is 338 g/mol. The minimum absolute atomic E-state index is 0.188. The van der Waals surface area contributed by atoms with Crippen LogP contribution in [0.3, 0.4) is 0 Å². The van der Waals surface area contributed by atoms with Crippen molar-refractivity contribution in [1.82, 2.24) is 9.55 Å². The number of aromatic nitrogens is 2. The molecule has 0 aliphatic rings. The molecule has 134 valence electrons. The van der Waals surface area contributed by atoms with Crippen LogP contribution in [0.1, 0.15) is 16.2 Å². The van der Waals surface area contributed by atoms with E-state index in [1.54, 1.807) is 25.3 Å². The molecule has 0 radical (unpaired) electrons. The molecule has 0 aliphatic carbocycles. The van der Waals surface area contributed by atoms with Gasteiger partial charge in [-0.05, 0) is 55.5 Å². The molecule has 0 fully saturated rings. The predicted octanol–water partition coefficient (Wildman–Crippen LogP) is 4.59. The lowest BCUT2D eigenvalue weighted by Gasteiger charge is -2.08. The summed E-state index contributed by atoms with van der Waals surface area (Å²) in [5.41, 5.74) is 4.14. The molecule has 1 aromatic heterocycles. The smallest absolute Gasteiger partial charge is 0.255 e. The first-order valence-corrected chi connectivity index (χ1v) is 8.65. The van der Waals surface area contributed by atoms with Crippen molar-refractivity contribution < 1.29 is 9.53 Å². The summed E-state index contributed by atoms with van der Waals surface area (Å²) in [6, 6.07) is 22.9. The fourth-order valence-corrected chi connectivity index (χ4v) is 3.15. The summed E-state index contributed by atoms with van der Waals surface area (Å²) in [4.78, 5) is 17.2. The molecule has 0 saturated carbocycles. The van der Waals surface area contributed by atoms with Crippen molar-refractivity contribution in [3.05, 3.63) is 84.2 Å². The van der Waals surface area contributed by atoms with Crippen molar-refractivity contribution in [2.45, 2.75) is 6.92 Å². The highest BCUT2D eigenvalue weighted by Gasteiger charge is 2.12. The molecular formula is C22H19N3O2. The first-order chi connectivity index (χ1) is 13.2. The molecule has 5 heteroatoms. The van der Waals surface area contributed by atoms with E-state index in [1.165, 1.54) is 0 Å². The standard InChI is InChI=1S/C22H19N3O2/c1-15-23-20-14-17(24-22(26)16-7-6-10-19(13-16)27-2)11-12-21(20)25(15)18-8-4-3-5-9-18/h3-14H,1-2H3,(H,24,26). The van der Waals surface area contributed by atoms with Crippen LogP contribution in [-0.2, 0) is 0 Å². The number of nitrogens with one attached hydrogen (secondary N) is 1. The topological polar surface area (TPSA) is 56.1 Å². The summed E-state index contributed by atoms with van der Waals surface area (Å²) >= 11 is 0. The van der Waals surface area contributed by atoms with Gasteiger partial charge >= 0.3 is 0 Å². The third-order valence-electron chi connectivity index (χ3n) is 4.43. The van der Waals surface area contributed by atoms with Crippen molar-refractivity contribution in [3.63, 3.8) is 0 Å². The lowest BCUT2D eigenvalue weighted by atomic mass is 10.2. The number of amides is 1. The molecule has 3 aromatic carbocycles. The van der Waals surface area contributed by atoms with E-state index in [0.29, 0.717) is 17.0 Å². The van der Waals surface area contributed by atoms with Gasteiger partial charge in [0.25, 0.3) is 5.91 Å². The number of rotatable bonds is 4. The quantitative estimate of drug-likeness (QED) is 0.581. The Morgan fingerprint density at radius 3 is 2.59 bits per heavy atom. The molecule has 1 amide bonds. The molecule has 0 unspecified atom stereocenters. The normalized spacial score (nSPS) is 10.7. The summed E-state index contributed by atoms with van der Waals surface area (Å²) in [5.74, 6) is 1.36. The molecule has 0 bridgehead atoms. The predicted molar refractivity (Wildman–Crippen MR) is 107 cm³/mol. The fraction of sp³-hybridized carbons (Fsp3) is 0.0909. The van der Waals surface area contributed by atoms with Crippen LogP contribution in [0.25, 0.3) is 16.7 Å². The summed E-state index contributed by atoms with van der Waals surface area (Å²) in [6.07, 6.45) is 0. The monoisotopic (exact) mass is 357 g/mol. The van der Waals surface area contributed by atoms with Gasteiger partial charge in [-0.2, -0.15) is 0 Å². The van der Waals surface area contributed by atoms with Crippen molar-refractivity contribution in [1.29, 1.82) is 0 Å². The van der Waals surface area contributed by atoms with Gasteiger partial charge in [0.1, 0.15) is 11.6 Å². The van der Waals surface area contributed by atoms with E-state index in [9.17, 15) is 4.79 Å². The Morgan fingerprint density at radius 2 is 1.81 bits per heavy atom. The Kier molecular flexibility index (Phi) is 4.34. The third-order valence-corrected chi connectivity index (χ3v) is 4.43. The van der Waals surface area contributed by atoms with Crippen LogP contribution in [-0.4, -0.2) is 22.6 Å². The fourth-order valence-electron chi connectivity index (χ4n) is 3.15. The van der Waals surface area contributed by atoms with Crippen LogP contribution in [0.5, 0.6) is 5.75 Å². The molecule has 1 heterocycles. The Hall–Kier alpha value is -3.60. The second-order valence-corrected chi connectivity index (χ2v) is 6.22. The van der Waals surface area contributed by atoms with E-state index in [1.807, 2.05) is 61.5 Å². The van der Waals surface area contributed by atoms with Crippen molar-refractivity contribution in [2.75, 3.05) is 12.4 Å². The number of ether oxygens (including phenoxy) is 1. The second kappa shape index (κ2) is 6.96. The van der Waals surface area contributed by atoms with Gasteiger partial charge in [-0.1, -0.05) is 24.3 Å². The van der Waals surface area contributed by atoms with Crippen LogP contribution in [0.15, 0.2) is 72.8 Å². The lowest BCUT2D eigenvalue weighted by molar-refractivity contribution is 0.102. The zero-order valence-corrected chi connectivity index (χ0v) is 15.1. The first kappa shape index (κ1) is 16.8. The zero-order chi connectivity index (χ0) is 18.8. The molecule has 5 nitrogen and oxygen atoms in total. The largest absolute Gasteiger partial charge is 0.497 e. The number of aryl methyl sites for hydroxylation is 1. The molecule has 0 saturated heterocycles. The number of hydrogen-bond acceptors (Lipinski definition) is 3. The second-order valence-electron chi connectivity index (χ2n) is 6.22. The van der Waals surface area contributed by atoms with Crippen LogP contribution < -0.4 is 10.1 Å². The third kappa shape index (κ3) is 3.27. The average molecular weight is 357 g/mol. The number of anilines is 1. The number of nitrogens with zero attached hydrogens (tertiary/aromatic N) is 2. The van der Waals surface area contributed by atoms with Gasteiger partial charge in [0.05, 0.1) is 18.1 Å². The molecule has 27 heavy (non-hydrogen) atoms. The molecule has 0 aliphatic heterocycles. The summed E-state index contributed by atoms with van der Waals surface area (Å²) in [7, 11) is 1.58. The number of carbonyl (C=O) groups excluding carboxylic acids is 1. The van der Waals surface area contributed by atoms with E-state index >= 15 is 0 Å². The van der Waals surface area contributed by atoms with E-state index in [0.717, 1.165) is 22.5 Å². The van der Waals surface area contributed by atoms with Crippen LogP contribution in [0.4, 0.5) is 5.69 Å². The Balaban J connectivity index is 1.65. The molecule has 1 N–H and O–H groups in total. The summed E-state index contributed by atoms with van der Waals surface area (Å²) in [6.45, 7) is 1.97. The summed E-state index contributed by atoms with van der Waals surface area (Å²) in [5, 5.41) is 2.93. The van der Waals surface area contributed by atoms with E-state index in [2.05, 4.69) is 14.9 Å². The van der Waals surface area contributed by atoms with Gasteiger partial charge in [-0.15, -0.1) is 0 Å². The average Bonchev–Trinajstić information content (AvgIpc) is 3.03. The maximum Gasteiger partial charge on any atom is 0.255 e. The maximum atomic E-state index is 12.5. The Bertz CT molecular complexity index is 1120.